The Hall–Kier alpha value is -0.600. The van der Waals surface area contributed by atoms with Gasteiger partial charge in [-0.05, 0) is 61.1 Å². The Bertz CT molecular complexity index is 445. The van der Waals surface area contributed by atoms with Crippen molar-refractivity contribution in [3.8, 4) is 0 Å². The molecule has 1 aliphatic rings. The normalized spacial score (nSPS) is 23.3. The van der Waals surface area contributed by atoms with E-state index in [1.807, 2.05) is 19.9 Å². The number of hydrogen-bond donors (Lipinski definition) is 1. The van der Waals surface area contributed by atoms with Crippen LogP contribution in [0.25, 0.3) is 0 Å². The minimum absolute atomic E-state index is 0.164. The van der Waals surface area contributed by atoms with Crippen molar-refractivity contribution in [2.45, 2.75) is 57.9 Å². The predicted molar refractivity (Wildman–Crippen MR) is 79.1 cm³/mol. The zero-order valence-corrected chi connectivity index (χ0v) is 12.5. The molecule has 1 fully saturated rings. The Labute approximate surface area is 120 Å². The van der Waals surface area contributed by atoms with E-state index in [1.54, 1.807) is 6.07 Å². The van der Waals surface area contributed by atoms with Gasteiger partial charge in [0.05, 0.1) is 5.02 Å². The van der Waals surface area contributed by atoms with Gasteiger partial charge in [0.1, 0.15) is 5.82 Å². The highest BCUT2D eigenvalue weighted by atomic mass is 35.5. The molecule has 19 heavy (non-hydrogen) atoms. The molecule has 0 amide bonds. The SMILES string of the molecule is CC(C)c1cc(CCC2CC[C@H](N)C2)cc(Cl)c1F. The van der Waals surface area contributed by atoms with Crippen LogP contribution >= 0.6 is 11.6 Å². The highest BCUT2D eigenvalue weighted by molar-refractivity contribution is 6.30. The minimum atomic E-state index is -0.261. The molecule has 1 aliphatic carbocycles. The first-order valence-electron chi connectivity index (χ1n) is 7.20. The molecule has 0 aromatic heterocycles. The summed E-state index contributed by atoms with van der Waals surface area (Å²) in [4.78, 5) is 0. The zero-order chi connectivity index (χ0) is 14.0. The fourth-order valence-corrected chi connectivity index (χ4v) is 3.23. The van der Waals surface area contributed by atoms with E-state index < -0.39 is 0 Å². The summed E-state index contributed by atoms with van der Waals surface area (Å²) in [6, 6.07) is 4.13. The van der Waals surface area contributed by atoms with Crippen molar-refractivity contribution in [2.75, 3.05) is 0 Å². The molecule has 2 rings (SSSR count). The Morgan fingerprint density at radius 1 is 1.37 bits per heavy atom. The third-order valence-corrected chi connectivity index (χ3v) is 4.44. The summed E-state index contributed by atoms with van der Waals surface area (Å²) < 4.78 is 13.9. The van der Waals surface area contributed by atoms with E-state index in [9.17, 15) is 4.39 Å². The topological polar surface area (TPSA) is 26.0 Å². The van der Waals surface area contributed by atoms with Crippen LogP contribution in [0.2, 0.25) is 5.02 Å². The second-order valence-corrected chi connectivity index (χ2v) is 6.52. The van der Waals surface area contributed by atoms with Gasteiger partial charge in [0, 0.05) is 6.04 Å². The van der Waals surface area contributed by atoms with Crippen LogP contribution < -0.4 is 5.73 Å². The van der Waals surface area contributed by atoms with Gasteiger partial charge in [-0.3, -0.25) is 0 Å². The molecular weight excluding hydrogens is 261 g/mol. The predicted octanol–water partition coefficient (Wildman–Crippen LogP) is 4.66. The monoisotopic (exact) mass is 283 g/mol. The van der Waals surface area contributed by atoms with Gasteiger partial charge in [0.15, 0.2) is 0 Å². The minimum Gasteiger partial charge on any atom is -0.328 e. The molecule has 0 aliphatic heterocycles. The largest absolute Gasteiger partial charge is 0.328 e. The maximum Gasteiger partial charge on any atom is 0.145 e. The van der Waals surface area contributed by atoms with Gasteiger partial charge >= 0.3 is 0 Å². The average molecular weight is 284 g/mol. The standard InChI is InChI=1S/C16H23ClFN/c1-10(2)14-8-12(9-15(17)16(14)18)4-3-11-5-6-13(19)7-11/h8-11,13H,3-7,19H2,1-2H3/t11?,13-/m0/s1. The van der Waals surface area contributed by atoms with Crippen LogP contribution in [0.4, 0.5) is 4.39 Å². The van der Waals surface area contributed by atoms with Gasteiger partial charge in [-0.15, -0.1) is 0 Å². The highest BCUT2D eigenvalue weighted by Crippen LogP contribution is 2.31. The fraction of sp³-hybridized carbons (Fsp3) is 0.625. The molecule has 3 heteroatoms. The molecule has 0 spiro atoms. The molecule has 2 atom stereocenters. The van der Waals surface area contributed by atoms with Gasteiger partial charge in [0.25, 0.3) is 0 Å². The van der Waals surface area contributed by atoms with E-state index in [0.29, 0.717) is 6.04 Å². The van der Waals surface area contributed by atoms with Gasteiger partial charge in [-0.1, -0.05) is 31.5 Å². The highest BCUT2D eigenvalue weighted by Gasteiger charge is 2.21. The first kappa shape index (κ1) is 14.8. The first-order chi connectivity index (χ1) is 8.97. The molecule has 0 bridgehead atoms. The summed E-state index contributed by atoms with van der Waals surface area (Å²) in [7, 11) is 0. The number of aryl methyl sites for hydroxylation is 1. The lowest BCUT2D eigenvalue weighted by Gasteiger charge is -2.13. The van der Waals surface area contributed by atoms with Crippen molar-refractivity contribution in [3.05, 3.63) is 34.1 Å². The van der Waals surface area contributed by atoms with Gasteiger partial charge in [0.2, 0.25) is 0 Å². The van der Waals surface area contributed by atoms with E-state index in [2.05, 4.69) is 0 Å². The summed E-state index contributed by atoms with van der Waals surface area (Å²) >= 11 is 5.99. The number of halogens is 2. The van der Waals surface area contributed by atoms with Gasteiger partial charge in [-0.2, -0.15) is 0 Å². The second kappa shape index (κ2) is 6.23. The van der Waals surface area contributed by atoms with Crippen LogP contribution in [0.1, 0.15) is 56.6 Å². The number of rotatable bonds is 4. The van der Waals surface area contributed by atoms with Crippen molar-refractivity contribution in [1.29, 1.82) is 0 Å². The van der Waals surface area contributed by atoms with Crippen molar-refractivity contribution in [2.24, 2.45) is 11.7 Å². The molecule has 1 saturated carbocycles. The van der Waals surface area contributed by atoms with Gasteiger partial charge < -0.3 is 5.73 Å². The van der Waals surface area contributed by atoms with Crippen molar-refractivity contribution in [3.63, 3.8) is 0 Å². The van der Waals surface area contributed by atoms with Crippen LogP contribution in [-0.4, -0.2) is 6.04 Å². The van der Waals surface area contributed by atoms with Crippen LogP contribution in [0.15, 0.2) is 12.1 Å². The average Bonchev–Trinajstić information content (AvgIpc) is 2.76. The summed E-state index contributed by atoms with van der Waals surface area (Å²) in [5.74, 6) is 0.627. The molecule has 106 valence electrons. The summed E-state index contributed by atoms with van der Waals surface area (Å²) in [6.07, 6.45) is 5.61. The Morgan fingerprint density at radius 3 is 2.68 bits per heavy atom. The summed E-state index contributed by atoms with van der Waals surface area (Å²) in [5.41, 5.74) is 7.81. The third-order valence-electron chi connectivity index (χ3n) is 4.16. The lowest BCUT2D eigenvalue weighted by molar-refractivity contribution is 0.494. The number of nitrogens with two attached hydrogens (primary N) is 1. The second-order valence-electron chi connectivity index (χ2n) is 6.11. The lowest BCUT2D eigenvalue weighted by atomic mass is 9.94. The van der Waals surface area contributed by atoms with E-state index >= 15 is 0 Å². The molecule has 1 aromatic carbocycles. The zero-order valence-electron chi connectivity index (χ0n) is 11.8. The first-order valence-corrected chi connectivity index (χ1v) is 7.58. The smallest absolute Gasteiger partial charge is 0.145 e. The van der Waals surface area contributed by atoms with Gasteiger partial charge in [-0.25, -0.2) is 4.39 Å². The molecule has 0 heterocycles. The number of benzene rings is 1. The molecular formula is C16H23ClFN. The maximum absolute atomic E-state index is 13.9. The van der Waals surface area contributed by atoms with Crippen molar-refractivity contribution in [1.82, 2.24) is 0 Å². The molecule has 1 aromatic rings. The van der Waals surface area contributed by atoms with E-state index in [4.69, 9.17) is 17.3 Å². The lowest BCUT2D eigenvalue weighted by Crippen LogP contribution is -2.14. The Kier molecular flexibility index (Phi) is 4.86. The molecule has 0 saturated heterocycles. The quantitative estimate of drug-likeness (QED) is 0.854. The van der Waals surface area contributed by atoms with E-state index in [0.717, 1.165) is 42.7 Å². The summed E-state index contributed by atoms with van der Waals surface area (Å²) in [6.45, 7) is 3.99. The van der Waals surface area contributed by atoms with Crippen LogP contribution in [-0.2, 0) is 6.42 Å². The Balaban J connectivity index is 2.04. The van der Waals surface area contributed by atoms with E-state index in [-0.39, 0.29) is 16.8 Å². The summed E-state index contributed by atoms with van der Waals surface area (Å²) in [5, 5.41) is 0.254. The fourth-order valence-electron chi connectivity index (χ4n) is 2.98. The number of hydrogen-bond acceptors (Lipinski definition) is 1. The molecule has 1 nitrogen and oxygen atoms in total. The molecule has 1 unspecified atom stereocenters. The van der Waals surface area contributed by atoms with Crippen LogP contribution in [0.5, 0.6) is 0 Å². The van der Waals surface area contributed by atoms with Crippen LogP contribution in [0, 0.1) is 11.7 Å². The van der Waals surface area contributed by atoms with Crippen LogP contribution in [0.3, 0.4) is 0 Å². The van der Waals surface area contributed by atoms with Crippen molar-refractivity contribution >= 4 is 11.6 Å². The van der Waals surface area contributed by atoms with E-state index in [1.165, 1.54) is 6.42 Å². The maximum atomic E-state index is 13.9. The third kappa shape index (κ3) is 3.70. The molecule has 2 N–H and O–H groups in total. The van der Waals surface area contributed by atoms with Crippen molar-refractivity contribution < 1.29 is 4.39 Å². The molecule has 0 radical (unpaired) electrons. The Morgan fingerprint density at radius 2 is 2.11 bits per heavy atom.